The summed E-state index contributed by atoms with van der Waals surface area (Å²) in [4.78, 5) is 11.3. The van der Waals surface area contributed by atoms with Crippen LogP contribution in [0.4, 0.5) is 4.39 Å². The Kier molecular flexibility index (Phi) is 5.47. The van der Waals surface area contributed by atoms with Gasteiger partial charge >= 0.3 is 5.97 Å². The zero-order valence-electron chi connectivity index (χ0n) is 10.9. The SMILES string of the molecule is O=C(O)c1ccc(OCCSc2ccccc2F)c(Cl)c1. The summed E-state index contributed by atoms with van der Waals surface area (Å²) in [6, 6.07) is 10.8. The van der Waals surface area contributed by atoms with Crippen LogP contribution >= 0.6 is 23.4 Å². The molecular weight excluding hydrogens is 315 g/mol. The van der Waals surface area contributed by atoms with Crippen molar-refractivity contribution < 1.29 is 19.0 Å². The predicted octanol–water partition coefficient (Wildman–Crippen LogP) is 4.35. The van der Waals surface area contributed by atoms with Crippen LogP contribution in [-0.4, -0.2) is 23.4 Å². The van der Waals surface area contributed by atoms with E-state index in [0.717, 1.165) is 0 Å². The first-order valence-corrected chi connectivity index (χ1v) is 7.47. The highest BCUT2D eigenvalue weighted by Crippen LogP contribution is 2.26. The number of carboxylic acid groups (broad SMARTS) is 1. The van der Waals surface area contributed by atoms with Crippen molar-refractivity contribution in [3.05, 3.63) is 58.9 Å². The van der Waals surface area contributed by atoms with E-state index in [1.807, 2.05) is 0 Å². The summed E-state index contributed by atoms with van der Waals surface area (Å²) >= 11 is 7.28. The molecule has 0 atom stereocenters. The maximum absolute atomic E-state index is 13.4. The van der Waals surface area contributed by atoms with Crippen LogP contribution in [0, 0.1) is 5.82 Å². The van der Waals surface area contributed by atoms with E-state index in [2.05, 4.69) is 0 Å². The molecule has 0 bridgehead atoms. The molecule has 0 spiro atoms. The molecule has 0 aromatic heterocycles. The minimum Gasteiger partial charge on any atom is -0.491 e. The van der Waals surface area contributed by atoms with E-state index in [1.54, 1.807) is 18.2 Å². The van der Waals surface area contributed by atoms with Crippen LogP contribution in [0.1, 0.15) is 10.4 Å². The Balaban J connectivity index is 1.87. The van der Waals surface area contributed by atoms with Gasteiger partial charge in [-0.1, -0.05) is 23.7 Å². The zero-order valence-corrected chi connectivity index (χ0v) is 12.5. The van der Waals surface area contributed by atoms with E-state index in [1.165, 1.54) is 36.0 Å². The molecule has 0 aliphatic rings. The molecule has 0 aliphatic heterocycles. The third-order valence-electron chi connectivity index (χ3n) is 2.61. The van der Waals surface area contributed by atoms with Gasteiger partial charge in [-0.25, -0.2) is 9.18 Å². The Bertz CT molecular complexity index is 649. The second-order valence-electron chi connectivity index (χ2n) is 4.08. The Labute approximate surface area is 130 Å². The van der Waals surface area contributed by atoms with E-state index in [-0.39, 0.29) is 16.4 Å². The van der Waals surface area contributed by atoms with Gasteiger partial charge in [0.25, 0.3) is 0 Å². The van der Waals surface area contributed by atoms with Gasteiger partial charge in [0.1, 0.15) is 11.6 Å². The largest absolute Gasteiger partial charge is 0.491 e. The summed E-state index contributed by atoms with van der Waals surface area (Å²) in [5.41, 5.74) is 0.105. The topological polar surface area (TPSA) is 46.5 Å². The van der Waals surface area contributed by atoms with Crippen molar-refractivity contribution in [2.75, 3.05) is 12.4 Å². The standard InChI is InChI=1S/C15H12ClFO3S/c16-11-9-10(15(18)19)5-6-13(11)20-7-8-21-14-4-2-1-3-12(14)17/h1-6,9H,7-8H2,(H,18,19). The number of rotatable bonds is 6. The lowest BCUT2D eigenvalue weighted by atomic mass is 10.2. The molecular formula is C15H12ClFO3S. The van der Waals surface area contributed by atoms with Gasteiger partial charge in [-0.15, -0.1) is 11.8 Å². The van der Waals surface area contributed by atoms with E-state index < -0.39 is 5.97 Å². The van der Waals surface area contributed by atoms with E-state index in [0.29, 0.717) is 23.0 Å². The zero-order chi connectivity index (χ0) is 15.2. The second kappa shape index (κ2) is 7.33. The molecule has 6 heteroatoms. The lowest BCUT2D eigenvalue weighted by Gasteiger charge is -2.08. The van der Waals surface area contributed by atoms with Gasteiger partial charge in [0.05, 0.1) is 17.2 Å². The van der Waals surface area contributed by atoms with Gasteiger partial charge in [-0.05, 0) is 30.3 Å². The molecule has 0 heterocycles. The van der Waals surface area contributed by atoms with Crippen molar-refractivity contribution in [1.29, 1.82) is 0 Å². The molecule has 3 nitrogen and oxygen atoms in total. The van der Waals surface area contributed by atoms with Crippen LogP contribution in [-0.2, 0) is 0 Å². The summed E-state index contributed by atoms with van der Waals surface area (Å²) < 4.78 is 18.9. The van der Waals surface area contributed by atoms with E-state index >= 15 is 0 Å². The minimum absolute atomic E-state index is 0.105. The van der Waals surface area contributed by atoms with Gasteiger partial charge in [-0.2, -0.15) is 0 Å². The maximum Gasteiger partial charge on any atom is 0.335 e. The predicted molar refractivity (Wildman–Crippen MR) is 81.0 cm³/mol. The highest BCUT2D eigenvalue weighted by atomic mass is 35.5. The quantitative estimate of drug-likeness (QED) is 0.633. The lowest BCUT2D eigenvalue weighted by Crippen LogP contribution is -2.02. The van der Waals surface area contributed by atoms with Gasteiger partial charge < -0.3 is 9.84 Å². The van der Waals surface area contributed by atoms with Crippen molar-refractivity contribution >= 4 is 29.3 Å². The van der Waals surface area contributed by atoms with E-state index in [9.17, 15) is 9.18 Å². The van der Waals surface area contributed by atoms with Gasteiger partial charge in [0.15, 0.2) is 0 Å². The molecule has 2 aromatic rings. The van der Waals surface area contributed by atoms with Crippen LogP contribution in [0.25, 0.3) is 0 Å². The van der Waals surface area contributed by atoms with Gasteiger partial charge in [-0.3, -0.25) is 0 Å². The number of hydrogen-bond acceptors (Lipinski definition) is 3. The molecule has 2 rings (SSSR count). The molecule has 2 aromatic carbocycles. The van der Waals surface area contributed by atoms with Crippen LogP contribution in [0.2, 0.25) is 5.02 Å². The number of carbonyl (C=O) groups is 1. The summed E-state index contributed by atoms with van der Waals surface area (Å²) in [6.45, 7) is 0.338. The fourth-order valence-electron chi connectivity index (χ4n) is 1.62. The van der Waals surface area contributed by atoms with Crippen LogP contribution in [0.5, 0.6) is 5.75 Å². The van der Waals surface area contributed by atoms with Crippen molar-refractivity contribution in [2.24, 2.45) is 0 Å². The number of carboxylic acids is 1. The molecule has 0 fully saturated rings. The molecule has 0 amide bonds. The fraction of sp³-hybridized carbons (Fsp3) is 0.133. The normalized spacial score (nSPS) is 10.4. The number of hydrogen-bond donors (Lipinski definition) is 1. The molecule has 0 saturated carbocycles. The molecule has 110 valence electrons. The van der Waals surface area contributed by atoms with Crippen molar-refractivity contribution in [3.63, 3.8) is 0 Å². The first-order valence-electron chi connectivity index (χ1n) is 6.11. The summed E-state index contributed by atoms with van der Waals surface area (Å²) in [5, 5.41) is 9.07. The Morgan fingerprint density at radius 3 is 2.71 bits per heavy atom. The minimum atomic E-state index is -1.04. The molecule has 21 heavy (non-hydrogen) atoms. The van der Waals surface area contributed by atoms with Crippen LogP contribution in [0.3, 0.4) is 0 Å². The van der Waals surface area contributed by atoms with Gasteiger partial charge in [0.2, 0.25) is 0 Å². The Hall–Kier alpha value is -1.72. The molecule has 0 aliphatic carbocycles. The molecule has 1 N–H and O–H groups in total. The first-order chi connectivity index (χ1) is 10.1. The third-order valence-corrected chi connectivity index (χ3v) is 3.92. The van der Waals surface area contributed by atoms with Crippen molar-refractivity contribution in [1.82, 2.24) is 0 Å². The van der Waals surface area contributed by atoms with Crippen LogP contribution in [0.15, 0.2) is 47.4 Å². The molecule has 0 unspecified atom stereocenters. The highest BCUT2D eigenvalue weighted by Gasteiger charge is 2.08. The summed E-state index contributed by atoms with van der Waals surface area (Å²) in [7, 11) is 0. The Morgan fingerprint density at radius 2 is 2.05 bits per heavy atom. The maximum atomic E-state index is 13.4. The lowest BCUT2D eigenvalue weighted by molar-refractivity contribution is 0.0697. The fourth-order valence-corrected chi connectivity index (χ4v) is 2.62. The molecule has 0 saturated heterocycles. The van der Waals surface area contributed by atoms with Crippen molar-refractivity contribution in [2.45, 2.75) is 4.90 Å². The molecule has 0 radical (unpaired) electrons. The highest BCUT2D eigenvalue weighted by molar-refractivity contribution is 7.99. The third kappa shape index (κ3) is 4.37. The van der Waals surface area contributed by atoms with Gasteiger partial charge in [0, 0.05) is 10.6 Å². The Morgan fingerprint density at radius 1 is 1.29 bits per heavy atom. The summed E-state index contributed by atoms with van der Waals surface area (Å²) in [5.74, 6) is -0.335. The number of benzene rings is 2. The monoisotopic (exact) mass is 326 g/mol. The smallest absolute Gasteiger partial charge is 0.335 e. The number of ether oxygens (including phenoxy) is 1. The second-order valence-corrected chi connectivity index (χ2v) is 5.62. The number of thioether (sulfide) groups is 1. The van der Waals surface area contributed by atoms with Crippen molar-refractivity contribution in [3.8, 4) is 5.75 Å². The van der Waals surface area contributed by atoms with E-state index in [4.69, 9.17) is 21.4 Å². The number of halogens is 2. The first kappa shape index (κ1) is 15.7. The van der Waals surface area contributed by atoms with Crippen LogP contribution < -0.4 is 4.74 Å². The average Bonchev–Trinajstić information content (AvgIpc) is 2.46. The summed E-state index contributed by atoms with van der Waals surface area (Å²) in [6.07, 6.45) is 0. The number of aromatic carboxylic acids is 1. The average molecular weight is 327 g/mol.